The van der Waals surface area contributed by atoms with E-state index in [-0.39, 0.29) is 5.82 Å². The van der Waals surface area contributed by atoms with E-state index in [1.807, 2.05) is 5.38 Å². The summed E-state index contributed by atoms with van der Waals surface area (Å²) in [6.45, 7) is 4.31. The lowest BCUT2D eigenvalue weighted by Crippen LogP contribution is -1.97. The smallest absolute Gasteiger partial charge is 0.137 e. The van der Waals surface area contributed by atoms with Crippen molar-refractivity contribution in [1.82, 2.24) is 0 Å². The van der Waals surface area contributed by atoms with Gasteiger partial charge in [-0.05, 0) is 24.1 Å². The maximum absolute atomic E-state index is 13.2. The molecule has 0 aliphatic rings. The van der Waals surface area contributed by atoms with Gasteiger partial charge in [0.1, 0.15) is 5.82 Å². The van der Waals surface area contributed by atoms with Crippen molar-refractivity contribution < 1.29 is 4.39 Å². The largest absolute Gasteiger partial charge is 0.206 e. The van der Waals surface area contributed by atoms with Gasteiger partial charge in [0.15, 0.2) is 0 Å². The molecule has 1 heterocycles. The van der Waals surface area contributed by atoms with Crippen LogP contribution in [0.5, 0.6) is 0 Å². The second-order valence-electron chi connectivity index (χ2n) is 3.42. The highest BCUT2D eigenvalue weighted by Crippen LogP contribution is 2.29. The van der Waals surface area contributed by atoms with Gasteiger partial charge in [0.05, 0.1) is 0 Å². The average Bonchev–Trinajstić information content (AvgIpc) is 2.54. The molecule has 0 aliphatic heterocycles. The summed E-state index contributed by atoms with van der Waals surface area (Å²) in [5.41, 5.74) is 0.931. The van der Waals surface area contributed by atoms with Crippen LogP contribution in [0.15, 0.2) is 10.8 Å². The van der Waals surface area contributed by atoms with Crippen LogP contribution in [0.4, 0.5) is 4.39 Å². The van der Waals surface area contributed by atoms with Gasteiger partial charge < -0.3 is 0 Å². The van der Waals surface area contributed by atoms with Crippen LogP contribution >= 0.6 is 11.3 Å². The third kappa shape index (κ3) is 2.80. The molecule has 0 saturated heterocycles. The molecule has 0 nitrogen and oxygen atoms in total. The number of rotatable bonds is 5. The summed E-state index contributed by atoms with van der Waals surface area (Å²) in [7, 11) is 0. The molecule has 1 atom stereocenters. The fraction of sp³-hybridized carbons (Fsp3) is 0.636. The Morgan fingerprint density at radius 1 is 1.38 bits per heavy atom. The maximum atomic E-state index is 13.2. The van der Waals surface area contributed by atoms with E-state index in [0.717, 1.165) is 18.4 Å². The van der Waals surface area contributed by atoms with Crippen molar-refractivity contribution in [3.05, 3.63) is 22.1 Å². The molecule has 13 heavy (non-hydrogen) atoms. The number of unbranched alkanes of at least 4 members (excludes halogenated alkanes) is 1. The molecule has 1 rings (SSSR count). The molecule has 0 spiro atoms. The summed E-state index contributed by atoms with van der Waals surface area (Å²) >= 11 is 1.47. The van der Waals surface area contributed by atoms with E-state index in [9.17, 15) is 4.39 Å². The van der Waals surface area contributed by atoms with Crippen molar-refractivity contribution in [3.8, 4) is 0 Å². The standard InChI is InChI=1S/C11H17FS/c1-3-5-6-9(4-2)10-7-13-8-11(10)12/h7-9H,3-6H2,1-2H3. The van der Waals surface area contributed by atoms with Gasteiger partial charge in [-0.25, -0.2) is 4.39 Å². The van der Waals surface area contributed by atoms with Crippen molar-refractivity contribution in [3.63, 3.8) is 0 Å². The molecule has 0 N–H and O–H groups in total. The summed E-state index contributed by atoms with van der Waals surface area (Å²) < 4.78 is 13.2. The summed E-state index contributed by atoms with van der Waals surface area (Å²) in [5.74, 6) is 0.430. The van der Waals surface area contributed by atoms with Gasteiger partial charge in [0.25, 0.3) is 0 Å². The Hall–Kier alpha value is -0.370. The molecule has 0 amide bonds. The van der Waals surface area contributed by atoms with Gasteiger partial charge >= 0.3 is 0 Å². The maximum Gasteiger partial charge on any atom is 0.137 e. The Labute approximate surface area is 83.8 Å². The molecule has 1 aromatic rings. The van der Waals surface area contributed by atoms with E-state index in [2.05, 4.69) is 13.8 Å². The van der Waals surface area contributed by atoms with E-state index < -0.39 is 0 Å². The topological polar surface area (TPSA) is 0 Å². The first kappa shape index (κ1) is 10.7. The van der Waals surface area contributed by atoms with Crippen molar-refractivity contribution in [2.75, 3.05) is 0 Å². The van der Waals surface area contributed by atoms with Gasteiger partial charge in [-0.3, -0.25) is 0 Å². The van der Waals surface area contributed by atoms with E-state index in [0.29, 0.717) is 5.92 Å². The second-order valence-corrected chi connectivity index (χ2v) is 4.17. The molecule has 2 heteroatoms. The molecule has 0 fully saturated rings. The van der Waals surface area contributed by atoms with Crippen LogP contribution in [-0.2, 0) is 0 Å². The van der Waals surface area contributed by atoms with E-state index >= 15 is 0 Å². The monoisotopic (exact) mass is 200 g/mol. The van der Waals surface area contributed by atoms with Crippen LogP contribution in [-0.4, -0.2) is 0 Å². The van der Waals surface area contributed by atoms with E-state index in [1.54, 1.807) is 5.38 Å². The predicted octanol–water partition coefficient (Wildman–Crippen LogP) is 4.57. The zero-order valence-corrected chi connectivity index (χ0v) is 9.16. The molecule has 74 valence electrons. The number of hydrogen-bond donors (Lipinski definition) is 0. The van der Waals surface area contributed by atoms with Crippen molar-refractivity contribution in [2.24, 2.45) is 0 Å². The Morgan fingerprint density at radius 2 is 2.15 bits per heavy atom. The average molecular weight is 200 g/mol. The highest BCUT2D eigenvalue weighted by molar-refractivity contribution is 7.08. The molecule has 0 radical (unpaired) electrons. The lowest BCUT2D eigenvalue weighted by Gasteiger charge is -2.12. The second kappa shape index (κ2) is 5.38. The van der Waals surface area contributed by atoms with Gasteiger partial charge in [0, 0.05) is 10.9 Å². The third-order valence-corrected chi connectivity index (χ3v) is 3.21. The Kier molecular flexibility index (Phi) is 4.43. The van der Waals surface area contributed by atoms with Gasteiger partial charge in [-0.2, -0.15) is 0 Å². The zero-order chi connectivity index (χ0) is 9.68. The van der Waals surface area contributed by atoms with Crippen LogP contribution in [0.3, 0.4) is 0 Å². The van der Waals surface area contributed by atoms with Gasteiger partial charge in [-0.15, -0.1) is 11.3 Å². The molecular formula is C11H17FS. The third-order valence-electron chi connectivity index (χ3n) is 2.48. The summed E-state index contributed by atoms with van der Waals surface area (Å²) in [6.07, 6.45) is 4.57. The van der Waals surface area contributed by atoms with Crippen molar-refractivity contribution in [1.29, 1.82) is 0 Å². The van der Waals surface area contributed by atoms with E-state index in [4.69, 9.17) is 0 Å². The van der Waals surface area contributed by atoms with Crippen molar-refractivity contribution in [2.45, 2.75) is 45.4 Å². The van der Waals surface area contributed by atoms with Crippen LogP contribution in [0.1, 0.15) is 51.0 Å². The summed E-state index contributed by atoms with van der Waals surface area (Å²) in [4.78, 5) is 0. The highest BCUT2D eigenvalue weighted by atomic mass is 32.1. The molecule has 0 bridgehead atoms. The minimum atomic E-state index is -0.00652. The minimum Gasteiger partial charge on any atom is -0.206 e. The van der Waals surface area contributed by atoms with E-state index in [1.165, 1.54) is 24.2 Å². The van der Waals surface area contributed by atoms with Gasteiger partial charge in [-0.1, -0.05) is 26.7 Å². The predicted molar refractivity (Wildman–Crippen MR) is 56.8 cm³/mol. The van der Waals surface area contributed by atoms with Crippen LogP contribution < -0.4 is 0 Å². The number of hydrogen-bond acceptors (Lipinski definition) is 1. The van der Waals surface area contributed by atoms with Crippen molar-refractivity contribution >= 4 is 11.3 Å². The zero-order valence-electron chi connectivity index (χ0n) is 8.35. The first-order valence-corrected chi connectivity index (χ1v) is 5.95. The fourth-order valence-corrected chi connectivity index (χ4v) is 2.39. The quantitative estimate of drug-likeness (QED) is 0.653. The Bertz CT molecular complexity index is 242. The lowest BCUT2D eigenvalue weighted by molar-refractivity contribution is 0.531. The molecule has 0 aromatic carbocycles. The van der Waals surface area contributed by atoms with Crippen LogP contribution in [0, 0.1) is 5.82 Å². The Balaban J connectivity index is 2.61. The fourth-order valence-electron chi connectivity index (χ4n) is 1.61. The summed E-state index contributed by atoms with van der Waals surface area (Å²) in [5, 5.41) is 3.56. The SMILES string of the molecule is CCCCC(CC)c1cscc1F. The first-order valence-electron chi connectivity index (χ1n) is 5.01. The van der Waals surface area contributed by atoms with Crippen LogP contribution in [0.25, 0.3) is 0 Å². The molecular weight excluding hydrogens is 183 g/mol. The summed E-state index contributed by atoms with van der Waals surface area (Å²) in [6, 6.07) is 0. The normalized spacial score (nSPS) is 13.2. The number of thiophene rings is 1. The Morgan fingerprint density at radius 3 is 2.62 bits per heavy atom. The lowest BCUT2D eigenvalue weighted by atomic mass is 9.93. The number of halogens is 1. The molecule has 1 unspecified atom stereocenters. The van der Waals surface area contributed by atoms with Gasteiger partial charge in [0.2, 0.25) is 0 Å². The minimum absolute atomic E-state index is 0.00652. The molecule has 0 saturated carbocycles. The van der Waals surface area contributed by atoms with Crippen LogP contribution in [0.2, 0.25) is 0 Å². The molecule has 1 aromatic heterocycles. The first-order chi connectivity index (χ1) is 6.29. The highest BCUT2D eigenvalue weighted by Gasteiger charge is 2.13. The molecule has 0 aliphatic carbocycles.